The van der Waals surface area contributed by atoms with Crippen molar-refractivity contribution in [2.45, 2.75) is 122 Å². The molecule has 244 valence electrons. The zero-order chi connectivity index (χ0) is 32.3. The largest absolute Gasteiger partial charge is 0.461 e. The minimum absolute atomic E-state index is 0.212. The number of nitrogens with one attached hydrogen (secondary N) is 2. The summed E-state index contributed by atoms with van der Waals surface area (Å²) < 4.78 is 5.29. The van der Waals surface area contributed by atoms with E-state index in [1.807, 2.05) is 55.5 Å². The summed E-state index contributed by atoms with van der Waals surface area (Å²) in [6.07, 6.45) is 5.94. The van der Waals surface area contributed by atoms with Gasteiger partial charge in [-0.05, 0) is 49.8 Å². The molecule has 1 heterocycles. The molecule has 0 radical (unpaired) electrons. The van der Waals surface area contributed by atoms with Crippen LogP contribution in [0.4, 0.5) is 0 Å². The molecule has 45 heavy (non-hydrogen) atoms. The minimum atomic E-state index is -1.52. The van der Waals surface area contributed by atoms with Crippen LogP contribution in [0.3, 0.4) is 0 Å². The summed E-state index contributed by atoms with van der Waals surface area (Å²) in [6, 6.07) is 14.3. The van der Waals surface area contributed by atoms with E-state index in [0.29, 0.717) is 37.8 Å². The van der Waals surface area contributed by atoms with E-state index in [1.165, 1.54) is 0 Å². The molecule has 9 nitrogen and oxygen atoms in total. The van der Waals surface area contributed by atoms with Crippen molar-refractivity contribution in [1.82, 2.24) is 15.5 Å². The van der Waals surface area contributed by atoms with Crippen LogP contribution >= 0.6 is 0 Å². The second-order valence-electron chi connectivity index (χ2n) is 12.8. The van der Waals surface area contributed by atoms with Crippen molar-refractivity contribution in [3.63, 3.8) is 0 Å². The van der Waals surface area contributed by atoms with Crippen LogP contribution in [-0.2, 0) is 32.1 Å². The third-order valence-corrected chi connectivity index (χ3v) is 8.89. The number of hydrogen-bond acceptors (Lipinski definition) is 6. The molecule has 2 aromatic rings. The summed E-state index contributed by atoms with van der Waals surface area (Å²) in [5.74, 6) is -1.58. The number of ether oxygens (including phenoxy) is 1. The Bertz CT molecular complexity index is 1290. The highest BCUT2D eigenvalue weighted by Crippen LogP contribution is 2.29. The molecule has 1 saturated carbocycles. The third-order valence-electron chi connectivity index (χ3n) is 8.89. The van der Waals surface area contributed by atoms with Crippen LogP contribution in [0.15, 0.2) is 54.6 Å². The Morgan fingerprint density at radius 1 is 0.956 bits per heavy atom. The maximum Gasteiger partial charge on any atom is 0.337 e. The molecule has 0 bridgehead atoms. The number of nitrogens with zero attached hydrogens (tertiary/aromatic N) is 1. The molecular weight excluding hydrogens is 570 g/mol. The molecule has 3 amide bonds. The van der Waals surface area contributed by atoms with E-state index < -0.39 is 48.1 Å². The number of aliphatic hydroxyl groups is 1. The van der Waals surface area contributed by atoms with E-state index in [2.05, 4.69) is 10.6 Å². The van der Waals surface area contributed by atoms with Gasteiger partial charge in [0.1, 0.15) is 12.1 Å². The van der Waals surface area contributed by atoms with Crippen molar-refractivity contribution in [3.05, 3.63) is 71.3 Å². The van der Waals surface area contributed by atoms with Gasteiger partial charge in [-0.2, -0.15) is 0 Å². The van der Waals surface area contributed by atoms with Gasteiger partial charge in [-0.1, -0.05) is 100 Å². The number of unbranched alkanes of at least 4 members (excludes halogenated alkanes) is 1. The highest BCUT2D eigenvalue weighted by molar-refractivity contribution is 6.01. The molecular formula is C36H49N3O6. The third kappa shape index (κ3) is 9.39. The van der Waals surface area contributed by atoms with Crippen LogP contribution in [0, 0.1) is 5.92 Å². The number of fused-ring (bicyclic) bond motifs is 1. The van der Waals surface area contributed by atoms with Crippen LogP contribution in [0.5, 0.6) is 0 Å². The van der Waals surface area contributed by atoms with Crippen LogP contribution in [-0.4, -0.2) is 64.0 Å². The predicted molar refractivity (Wildman–Crippen MR) is 172 cm³/mol. The summed E-state index contributed by atoms with van der Waals surface area (Å²) in [7, 11) is 0. The maximum absolute atomic E-state index is 14.1. The van der Waals surface area contributed by atoms with Gasteiger partial charge in [0, 0.05) is 18.5 Å². The summed E-state index contributed by atoms with van der Waals surface area (Å²) in [5.41, 5.74) is 2.34. The lowest BCUT2D eigenvalue weighted by atomic mass is 9.83. The molecule has 2 aliphatic rings. The molecule has 4 atom stereocenters. The van der Waals surface area contributed by atoms with Gasteiger partial charge in [-0.25, -0.2) is 4.79 Å². The smallest absolute Gasteiger partial charge is 0.337 e. The first-order valence-corrected chi connectivity index (χ1v) is 16.6. The number of esters is 1. The first-order chi connectivity index (χ1) is 21.7. The molecule has 9 heteroatoms. The van der Waals surface area contributed by atoms with Gasteiger partial charge in [0.15, 0.2) is 6.10 Å². The first kappa shape index (κ1) is 34.2. The molecule has 1 aliphatic carbocycles. The first-order valence-electron chi connectivity index (χ1n) is 16.6. The summed E-state index contributed by atoms with van der Waals surface area (Å²) >= 11 is 0. The number of benzene rings is 2. The Morgan fingerprint density at radius 3 is 2.31 bits per heavy atom. The van der Waals surface area contributed by atoms with E-state index in [4.69, 9.17) is 4.74 Å². The highest BCUT2D eigenvalue weighted by Gasteiger charge is 2.39. The zero-order valence-electron chi connectivity index (χ0n) is 26.9. The monoisotopic (exact) mass is 619 g/mol. The van der Waals surface area contributed by atoms with Crippen molar-refractivity contribution >= 4 is 23.7 Å². The van der Waals surface area contributed by atoms with Crippen LogP contribution in [0.25, 0.3) is 0 Å². The second kappa shape index (κ2) is 16.5. The molecule has 1 aliphatic heterocycles. The molecule has 2 aromatic carbocycles. The fraction of sp³-hybridized carbons (Fsp3) is 0.556. The van der Waals surface area contributed by atoms with E-state index >= 15 is 0 Å². The normalized spacial score (nSPS) is 17.7. The van der Waals surface area contributed by atoms with E-state index in [0.717, 1.165) is 49.7 Å². The van der Waals surface area contributed by atoms with Crippen LogP contribution in [0.2, 0.25) is 0 Å². The lowest BCUT2D eigenvalue weighted by molar-refractivity contribution is -0.159. The lowest BCUT2D eigenvalue weighted by Gasteiger charge is -2.32. The average Bonchev–Trinajstić information content (AvgIpc) is 3.37. The zero-order valence-corrected chi connectivity index (χ0v) is 26.9. The number of rotatable bonds is 15. The Morgan fingerprint density at radius 2 is 1.64 bits per heavy atom. The van der Waals surface area contributed by atoms with Crippen molar-refractivity contribution in [1.29, 1.82) is 0 Å². The molecule has 1 fully saturated rings. The Labute approximate surface area is 267 Å². The standard InChI is InChI=1S/C36H49N3O6/c1-4-5-20-29(33(41)38-30(21-25-14-8-6-9-15-25)32(40)36(44)45-24(2)3)37-34(42)31(22-26-16-10-7-11-17-26)39-23-27-18-12-13-19-28(27)35(39)43/h7,10-13,16-19,24-25,29-32,40H,4-6,8-9,14-15,20-23H2,1-3H3,(H,37,42)(H,38,41)/t29-,30-,31-,32?/m0/s1. The van der Waals surface area contributed by atoms with Gasteiger partial charge in [-0.15, -0.1) is 0 Å². The van der Waals surface area contributed by atoms with E-state index in [-0.39, 0.29) is 11.8 Å². The summed E-state index contributed by atoms with van der Waals surface area (Å²) in [5, 5.41) is 16.9. The topological polar surface area (TPSA) is 125 Å². The van der Waals surface area contributed by atoms with Crippen LogP contribution in [0.1, 0.15) is 100 Å². The van der Waals surface area contributed by atoms with Gasteiger partial charge in [0.2, 0.25) is 11.8 Å². The van der Waals surface area contributed by atoms with Gasteiger partial charge >= 0.3 is 5.97 Å². The molecule has 0 spiro atoms. The predicted octanol–water partition coefficient (Wildman–Crippen LogP) is 4.70. The number of hydrogen-bond donors (Lipinski definition) is 3. The number of carbonyl (C=O) groups is 4. The fourth-order valence-electron chi connectivity index (χ4n) is 6.45. The Balaban J connectivity index is 1.54. The molecule has 3 N–H and O–H groups in total. The summed E-state index contributed by atoms with van der Waals surface area (Å²) in [6.45, 7) is 5.74. The Hall–Kier alpha value is -3.72. The van der Waals surface area contributed by atoms with E-state index in [1.54, 1.807) is 24.8 Å². The fourth-order valence-corrected chi connectivity index (χ4v) is 6.45. The van der Waals surface area contributed by atoms with Gasteiger partial charge in [0.25, 0.3) is 5.91 Å². The Kier molecular flexibility index (Phi) is 12.6. The molecule has 0 aromatic heterocycles. The molecule has 1 unspecified atom stereocenters. The minimum Gasteiger partial charge on any atom is -0.461 e. The van der Waals surface area contributed by atoms with Gasteiger partial charge in [-0.3, -0.25) is 14.4 Å². The van der Waals surface area contributed by atoms with Gasteiger partial charge in [0.05, 0.1) is 12.1 Å². The van der Waals surface area contributed by atoms with Crippen molar-refractivity contribution in [3.8, 4) is 0 Å². The van der Waals surface area contributed by atoms with E-state index in [9.17, 15) is 24.3 Å². The second-order valence-corrected chi connectivity index (χ2v) is 12.8. The number of carbonyl (C=O) groups excluding carboxylic acids is 4. The highest BCUT2D eigenvalue weighted by atomic mass is 16.6. The molecule has 4 rings (SSSR count). The SMILES string of the molecule is CCCC[C@H](NC(=O)[C@H](Cc1ccccc1)N1Cc2ccccc2C1=O)C(=O)N[C@@H](CC1CCCCC1)C(O)C(=O)OC(C)C. The number of aliphatic hydroxyl groups excluding tert-OH is 1. The molecule has 0 saturated heterocycles. The summed E-state index contributed by atoms with van der Waals surface area (Å²) in [4.78, 5) is 55.7. The maximum atomic E-state index is 14.1. The van der Waals surface area contributed by atoms with Crippen molar-refractivity contribution < 1.29 is 29.0 Å². The van der Waals surface area contributed by atoms with Crippen molar-refractivity contribution in [2.75, 3.05) is 0 Å². The van der Waals surface area contributed by atoms with Crippen molar-refractivity contribution in [2.24, 2.45) is 5.92 Å². The van der Waals surface area contributed by atoms with Crippen LogP contribution < -0.4 is 10.6 Å². The average molecular weight is 620 g/mol. The van der Waals surface area contributed by atoms with Gasteiger partial charge < -0.3 is 25.4 Å². The number of amides is 3. The quantitative estimate of drug-likeness (QED) is 0.248. The lowest BCUT2D eigenvalue weighted by Crippen LogP contribution is -2.57.